The monoisotopic (exact) mass is 304 g/mol. The van der Waals surface area contributed by atoms with E-state index in [1.807, 2.05) is 12.1 Å². The van der Waals surface area contributed by atoms with E-state index in [1.165, 1.54) is 10.5 Å². The second kappa shape index (κ2) is 6.03. The zero-order valence-electron chi connectivity index (χ0n) is 12.6. The van der Waals surface area contributed by atoms with Crippen LogP contribution >= 0.6 is 11.8 Å². The van der Waals surface area contributed by atoms with Gasteiger partial charge in [0.1, 0.15) is 0 Å². The van der Waals surface area contributed by atoms with Crippen LogP contribution in [0.5, 0.6) is 0 Å². The number of hydrogen-bond donors (Lipinski definition) is 1. The molecule has 2 rings (SSSR count). The normalized spacial score (nSPS) is 17.9. The first-order valence-electron chi connectivity index (χ1n) is 6.89. The fourth-order valence-corrected chi connectivity index (χ4v) is 2.92. The SMILES string of the molecule is CC(C)(C)c1ccc(/C=C2\SC(=O)N(CCN)C2=O)cc1. The van der Waals surface area contributed by atoms with E-state index >= 15 is 0 Å². The number of imide groups is 1. The molecule has 0 aromatic heterocycles. The molecular weight excluding hydrogens is 284 g/mol. The molecule has 1 aliphatic rings. The molecule has 5 heteroatoms. The predicted octanol–water partition coefficient (Wildman–Crippen LogP) is 2.98. The maximum atomic E-state index is 12.1. The third kappa shape index (κ3) is 3.54. The largest absolute Gasteiger partial charge is 0.329 e. The van der Waals surface area contributed by atoms with Crippen LogP contribution in [0.2, 0.25) is 0 Å². The van der Waals surface area contributed by atoms with E-state index in [0.29, 0.717) is 4.91 Å². The van der Waals surface area contributed by atoms with E-state index in [0.717, 1.165) is 17.3 Å². The Morgan fingerprint density at radius 2 is 1.81 bits per heavy atom. The number of benzene rings is 1. The number of carbonyl (C=O) groups is 2. The Morgan fingerprint density at radius 3 is 2.33 bits per heavy atom. The Labute approximate surface area is 129 Å². The van der Waals surface area contributed by atoms with Crippen LogP contribution in [0.3, 0.4) is 0 Å². The number of nitrogens with zero attached hydrogens (tertiary/aromatic N) is 1. The van der Waals surface area contributed by atoms with Crippen molar-refractivity contribution in [2.45, 2.75) is 26.2 Å². The highest BCUT2D eigenvalue weighted by Crippen LogP contribution is 2.32. The van der Waals surface area contributed by atoms with E-state index < -0.39 is 0 Å². The van der Waals surface area contributed by atoms with Crippen LogP contribution in [-0.2, 0) is 10.2 Å². The Balaban J connectivity index is 2.21. The summed E-state index contributed by atoms with van der Waals surface area (Å²) in [5.74, 6) is -0.254. The molecule has 0 aliphatic carbocycles. The summed E-state index contributed by atoms with van der Waals surface area (Å²) in [6.07, 6.45) is 1.76. The Kier molecular flexibility index (Phi) is 4.54. The molecule has 1 fully saturated rings. The van der Waals surface area contributed by atoms with Crippen LogP contribution in [-0.4, -0.2) is 29.1 Å². The smallest absolute Gasteiger partial charge is 0.293 e. The lowest BCUT2D eigenvalue weighted by atomic mass is 9.87. The fraction of sp³-hybridized carbons (Fsp3) is 0.375. The van der Waals surface area contributed by atoms with E-state index in [4.69, 9.17) is 5.73 Å². The molecule has 0 unspecified atom stereocenters. The molecule has 1 aromatic rings. The standard InChI is InChI=1S/C16H20N2O2S/c1-16(2,3)12-6-4-11(5-7-12)10-13-14(19)18(9-8-17)15(20)21-13/h4-7,10H,8-9,17H2,1-3H3/b13-10-. The summed E-state index contributed by atoms with van der Waals surface area (Å²) < 4.78 is 0. The van der Waals surface area contributed by atoms with Crippen molar-refractivity contribution in [2.24, 2.45) is 5.73 Å². The molecule has 1 aromatic carbocycles. The predicted molar refractivity (Wildman–Crippen MR) is 86.9 cm³/mol. The quantitative estimate of drug-likeness (QED) is 0.872. The van der Waals surface area contributed by atoms with Crippen molar-refractivity contribution in [3.8, 4) is 0 Å². The minimum absolute atomic E-state index is 0.0947. The first-order chi connectivity index (χ1) is 9.82. The summed E-state index contributed by atoms with van der Waals surface area (Å²) in [5, 5.41) is -0.247. The number of thioether (sulfide) groups is 1. The van der Waals surface area contributed by atoms with Crippen LogP contribution in [0, 0.1) is 0 Å². The lowest BCUT2D eigenvalue weighted by Gasteiger charge is -2.18. The van der Waals surface area contributed by atoms with Crippen LogP contribution in [0.25, 0.3) is 6.08 Å². The molecule has 4 nitrogen and oxygen atoms in total. The lowest BCUT2D eigenvalue weighted by molar-refractivity contribution is -0.122. The minimum Gasteiger partial charge on any atom is -0.329 e. The molecule has 1 aliphatic heterocycles. The van der Waals surface area contributed by atoms with Crippen molar-refractivity contribution in [2.75, 3.05) is 13.1 Å². The molecular formula is C16H20N2O2S. The summed E-state index contributed by atoms with van der Waals surface area (Å²) in [6.45, 7) is 7.01. The van der Waals surface area contributed by atoms with Crippen molar-refractivity contribution < 1.29 is 9.59 Å². The van der Waals surface area contributed by atoms with Crippen LogP contribution in [0.4, 0.5) is 4.79 Å². The molecule has 21 heavy (non-hydrogen) atoms. The van der Waals surface area contributed by atoms with Gasteiger partial charge < -0.3 is 5.73 Å². The van der Waals surface area contributed by atoms with Gasteiger partial charge >= 0.3 is 0 Å². The molecule has 0 spiro atoms. The average molecular weight is 304 g/mol. The van der Waals surface area contributed by atoms with Crippen molar-refractivity contribution >= 4 is 29.0 Å². The third-order valence-corrected chi connectivity index (χ3v) is 4.21. The van der Waals surface area contributed by atoms with Gasteiger partial charge in [-0.2, -0.15) is 0 Å². The first kappa shape index (κ1) is 15.8. The van der Waals surface area contributed by atoms with E-state index in [9.17, 15) is 9.59 Å². The average Bonchev–Trinajstić information content (AvgIpc) is 2.66. The number of rotatable bonds is 3. The highest BCUT2D eigenvalue weighted by atomic mass is 32.2. The van der Waals surface area contributed by atoms with Gasteiger partial charge in [0, 0.05) is 13.1 Å². The van der Waals surface area contributed by atoms with Crippen molar-refractivity contribution in [3.63, 3.8) is 0 Å². The fourth-order valence-electron chi connectivity index (χ4n) is 2.05. The van der Waals surface area contributed by atoms with Crippen molar-refractivity contribution in [1.82, 2.24) is 4.90 Å². The molecule has 0 atom stereocenters. The van der Waals surface area contributed by atoms with Gasteiger partial charge in [0.2, 0.25) is 0 Å². The van der Waals surface area contributed by atoms with Gasteiger partial charge in [-0.25, -0.2) is 0 Å². The van der Waals surface area contributed by atoms with Gasteiger partial charge in [-0.3, -0.25) is 14.5 Å². The number of amides is 2. The van der Waals surface area contributed by atoms with E-state index in [1.54, 1.807) is 6.08 Å². The maximum Gasteiger partial charge on any atom is 0.293 e. The summed E-state index contributed by atoms with van der Waals surface area (Å²) >= 11 is 0.969. The van der Waals surface area contributed by atoms with Crippen LogP contribution < -0.4 is 5.73 Å². The molecule has 1 heterocycles. The van der Waals surface area contributed by atoms with Gasteiger partial charge in [0.25, 0.3) is 11.1 Å². The Bertz CT molecular complexity index is 585. The van der Waals surface area contributed by atoms with E-state index in [2.05, 4.69) is 32.9 Å². The van der Waals surface area contributed by atoms with Gasteiger partial charge in [0.15, 0.2) is 0 Å². The highest BCUT2D eigenvalue weighted by Gasteiger charge is 2.34. The maximum absolute atomic E-state index is 12.1. The molecule has 0 saturated carbocycles. The molecule has 2 amide bonds. The Hall–Kier alpha value is -1.59. The van der Waals surface area contributed by atoms with E-state index in [-0.39, 0.29) is 29.7 Å². The summed E-state index contributed by atoms with van der Waals surface area (Å²) in [7, 11) is 0. The van der Waals surface area contributed by atoms with Gasteiger partial charge in [-0.1, -0.05) is 45.0 Å². The molecule has 0 radical (unpaired) electrons. The molecule has 112 valence electrons. The second-order valence-corrected chi connectivity index (χ2v) is 6.99. The Morgan fingerprint density at radius 1 is 1.19 bits per heavy atom. The molecule has 1 saturated heterocycles. The summed E-state index contributed by atoms with van der Waals surface area (Å²) in [6, 6.07) is 8.04. The first-order valence-corrected chi connectivity index (χ1v) is 7.70. The van der Waals surface area contributed by atoms with Crippen molar-refractivity contribution in [1.29, 1.82) is 0 Å². The van der Waals surface area contributed by atoms with Crippen LogP contribution in [0.15, 0.2) is 29.2 Å². The summed E-state index contributed by atoms with van der Waals surface area (Å²) in [4.78, 5) is 25.5. The zero-order chi connectivity index (χ0) is 15.6. The van der Waals surface area contributed by atoms with Crippen LogP contribution in [0.1, 0.15) is 31.9 Å². The molecule has 2 N–H and O–H groups in total. The van der Waals surface area contributed by atoms with Gasteiger partial charge in [-0.15, -0.1) is 0 Å². The summed E-state index contributed by atoms with van der Waals surface area (Å²) in [5.41, 5.74) is 7.66. The number of nitrogens with two attached hydrogens (primary N) is 1. The lowest BCUT2D eigenvalue weighted by Crippen LogP contribution is -2.33. The van der Waals surface area contributed by atoms with Crippen molar-refractivity contribution in [3.05, 3.63) is 40.3 Å². The number of carbonyl (C=O) groups excluding carboxylic acids is 2. The minimum atomic E-state index is -0.254. The number of hydrogen-bond acceptors (Lipinski definition) is 4. The highest BCUT2D eigenvalue weighted by molar-refractivity contribution is 8.18. The van der Waals surface area contributed by atoms with Gasteiger partial charge in [0.05, 0.1) is 4.91 Å². The zero-order valence-corrected chi connectivity index (χ0v) is 13.4. The second-order valence-electron chi connectivity index (χ2n) is 5.99. The third-order valence-electron chi connectivity index (χ3n) is 3.30. The van der Waals surface area contributed by atoms with Gasteiger partial charge in [-0.05, 0) is 34.4 Å². The molecule has 0 bridgehead atoms. The topological polar surface area (TPSA) is 63.4 Å².